The van der Waals surface area contributed by atoms with Crippen LogP contribution in [0.25, 0.3) is 0 Å². The fraction of sp³-hybridized carbons (Fsp3) is 0.412. The van der Waals surface area contributed by atoms with Gasteiger partial charge in [0.2, 0.25) is 17.7 Å². The first-order chi connectivity index (χ1) is 13.1. The first kappa shape index (κ1) is 22.9. The van der Waals surface area contributed by atoms with E-state index in [1.807, 2.05) is 0 Å². The summed E-state index contributed by atoms with van der Waals surface area (Å²) in [6.07, 6.45) is -0.494. The Balaban J connectivity index is 2.95. The van der Waals surface area contributed by atoms with Crippen molar-refractivity contribution >= 4 is 23.7 Å². The van der Waals surface area contributed by atoms with E-state index >= 15 is 0 Å². The molecule has 1 rings (SSSR count). The highest BCUT2D eigenvalue weighted by Crippen LogP contribution is 2.12. The van der Waals surface area contributed by atoms with Gasteiger partial charge in [0, 0.05) is 12.8 Å². The lowest BCUT2D eigenvalue weighted by atomic mass is 10.0. The van der Waals surface area contributed by atoms with Crippen molar-refractivity contribution in [2.24, 2.45) is 11.5 Å². The van der Waals surface area contributed by atoms with Crippen molar-refractivity contribution in [3.05, 3.63) is 29.8 Å². The predicted octanol–water partition coefficient (Wildman–Crippen LogP) is -2.43. The molecular formula is C17H24N4O7. The lowest BCUT2D eigenvalue weighted by Crippen LogP contribution is -2.55. The second kappa shape index (κ2) is 10.8. The molecule has 3 atom stereocenters. The Morgan fingerprint density at radius 2 is 1.57 bits per heavy atom. The third-order valence-electron chi connectivity index (χ3n) is 3.84. The van der Waals surface area contributed by atoms with Crippen LogP contribution in [0, 0.1) is 0 Å². The second-order valence-corrected chi connectivity index (χ2v) is 6.13. The first-order valence-electron chi connectivity index (χ1n) is 8.40. The number of nitrogens with two attached hydrogens (primary N) is 2. The maximum Gasteiger partial charge on any atom is 0.326 e. The van der Waals surface area contributed by atoms with Gasteiger partial charge in [-0.15, -0.1) is 0 Å². The van der Waals surface area contributed by atoms with Crippen LogP contribution in [0.15, 0.2) is 24.3 Å². The number of primary amides is 1. The molecule has 0 aliphatic carbocycles. The van der Waals surface area contributed by atoms with Crippen molar-refractivity contribution in [3.63, 3.8) is 0 Å². The third-order valence-corrected chi connectivity index (χ3v) is 3.84. The van der Waals surface area contributed by atoms with E-state index in [-0.39, 0.29) is 25.0 Å². The number of benzene rings is 1. The SMILES string of the molecule is NC(=O)CCC(NC(=O)C(Cc1ccc(O)cc1)NC(=O)C(N)CO)C(=O)O. The molecule has 0 spiro atoms. The summed E-state index contributed by atoms with van der Waals surface area (Å²) < 4.78 is 0. The summed E-state index contributed by atoms with van der Waals surface area (Å²) in [7, 11) is 0. The van der Waals surface area contributed by atoms with E-state index in [0.717, 1.165) is 0 Å². The number of aliphatic hydroxyl groups is 1. The largest absolute Gasteiger partial charge is 0.508 e. The smallest absolute Gasteiger partial charge is 0.326 e. The highest BCUT2D eigenvalue weighted by atomic mass is 16.4. The predicted molar refractivity (Wildman–Crippen MR) is 96.8 cm³/mol. The van der Waals surface area contributed by atoms with Crippen LogP contribution in [0.5, 0.6) is 5.75 Å². The van der Waals surface area contributed by atoms with Crippen molar-refractivity contribution in [2.45, 2.75) is 37.4 Å². The van der Waals surface area contributed by atoms with Gasteiger partial charge in [-0.1, -0.05) is 12.1 Å². The summed E-state index contributed by atoms with van der Waals surface area (Å²) in [4.78, 5) is 46.7. The number of aliphatic hydroxyl groups excluding tert-OH is 1. The first-order valence-corrected chi connectivity index (χ1v) is 8.40. The fourth-order valence-corrected chi connectivity index (χ4v) is 2.25. The molecule has 0 saturated carbocycles. The number of hydrogen-bond acceptors (Lipinski definition) is 7. The zero-order valence-electron chi connectivity index (χ0n) is 15.0. The highest BCUT2D eigenvalue weighted by molar-refractivity contribution is 5.92. The number of aliphatic carboxylic acids is 1. The Morgan fingerprint density at radius 1 is 1.00 bits per heavy atom. The van der Waals surface area contributed by atoms with Crippen LogP contribution < -0.4 is 22.1 Å². The van der Waals surface area contributed by atoms with Crippen molar-refractivity contribution < 1.29 is 34.5 Å². The number of carbonyl (C=O) groups excluding carboxylic acids is 3. The van der Waals surface area contributed by atoms with Crippen molar-refractivity contribution in [3.8, 4) is 5.75 Å². The van der Waals surface area contributed by atoms with Crippen LogP contribution >= 0.6 is 0 Å². The normalized spacial score (nSPS) is 13.8. The van der Waals surface area contributed by atoms with E-state index in [0.29, 0.717) is 5.56 Å². The quantitative estimate of drug-likeness (QED) is 0.214. The number of aromatic hydroxyl groups is 1. The Bertz CT molecular complexity index is 708. The minimum absolute atomic E-state index is 0.00785. The number of amides is 3. The Kier molecular flexibility index (Phi) is 8.85. The number of rotatable bonds is 11. The Hall–Kier alpha value is -3.18. The van der Waals surface area contributed by atoms with Gasteiger partial charge in [-0.05, 0) is 24.1 Å². The van der Waals surface area contributed by atoms with E-state index in [4.69, 9.17) is 16.6 Å². The van der Waals surface area contributed by atoms with E-state index in [9.17, 15) is 29.4 Å². The molecule has 3 amide bonds. The van der Waals surface area contributed by atoms with Crippen LogP contribution in [0.2, 0.25) is 0 Å². The standard InChI is InChI=1S/C17H24N4O7/c18-11(8-22)15(25)21-13(7-9-1-3-10(23)4-2-9)16(26)20-12(17(27)28)5-6-14(19)24/h1-4,11-13,22-23H,5-8,18H2,(H2,19,24)(H,20,26)(H,21,25)(H,27,28). The Labute approximate surface area is 160 Å². The van der Waals surface area contributed by atoms with Gasteiger partial charge in [0.1, 0.15) is 23.9 Å². The van der Waals surface area contributed by atoms with Gasteiger partial charge in [-0.2, -0.15) is 0 Å². The summed E-state index contributed by atoms with van der Waals surface area (Å²) in [6.45, 7) is -0.643. The summed E-state index contributed by atoms with van der Waals surface area (Å²) in [6, 6.07) is 1.97. The van der Waals surface area contributed by atoms with Gasteiger partial charge in [0.05, 0.1) is 6.61 Å². The molecule has 0 aliphatic rings. The molecule has 0 saturated heterocycles. The number of phenolic OH excluding ortho intramolecular Hbond substituents is 1. The van der Waals surface area contributed by atoms with Crippen molar-refractivity contribution in [1.82, 2.24) is 10.6 Å². The summed E-state index contributed by atoms with van der Waals surface area (Å²) in [5.74, 6) is -3.69. The molecule has 154 valence electrons. The summed E-state index contributed by atoms with van der Waals surface area (Å²) in [5.41, 5.74) is 11.0. The van der Waals surface area contributed by atoms with Crippen molar-refractivity contribution in [1.29, 1.82) is 0 Å². The second-order valence-electron chi connectivity index (χ2n) is 6.13. The van der Waals surface area contributed by atoms with Gasteiger partial charge in [-0.3, -0.25) is 14.4 Å². The van der Waals surface area contributed by atoms with Crippen LogP contribution in [-0.4, -0.2) is 63.7 Å². The molecule has 1 aromatic rings. The van der Waals surface area contributed by atoms with Crippen LogP contribution in [0.4, 0.5) is 0 Å². The molecule has 0 heterocycles. The molecule has 1 aromatic carbocycles. The average Bonchev–Trinajstić information content (AvgIpc) is 2.64. The highest BCUT2D eigenvalue weighted by Gasteiger charge is 2.28. The average molecular weight is 396 g/mol. The molecule has 0 radical (unpaired) electrons. The molecule has 11 heteroatoms. The maximum absolute atomic E-state index is 12.6. The van der Waals surface area contributed by atoms with Gasteiger partial charge in [-0.25, -0.2) is 4.79 Å². The molecule has 3 unspecified atom stereocenters. The summed E-state index contributed by atoms with van der Waals surface area (Å²) >= 11 is 0. The Morgan fingerprint density at radius 3 is 2.07 bits per heavy atom. The molecular weight excluding hydrogens is 372 g/mol. The molecule has 11 nitrogen and oxygen atoms in total. The number of carboxylic acid groups (broad SMARTS) is 1. The van der Waals surface area contributed by atoms with Crippen LogP contribution in [0.1, 0.15) is 18.4 Å². The molecule has 0 aromatic heterocycles. The number of phenols is 1. The van der Waals surface area contributed by atoms with Gasteiger partial charge in [0.25, 0.3) is 0 Å². The molecule has 9 N–H and O–H groups in total. The maximum atomic E-state index is 12.6. The lowest BCUT2D eigenvalue weighted by molar-refractivity contribution is -0.142. The number of carbonyl (C=O) groups is 4. The van der Waals surface area contributed by atoms with Crippen LogP contribution in [0.3, 0.4) is 0 Å². The minimum atomic E-state index is -1.38. The van der Waals surface area contributed by atoms with Gasteiger partial charge < -0.3 is 37.4 Å². The van der Waals surface area contributed by atoms with Crippen molar-refractivity contribution in [2.75, 3.05) is 6.61 Å². The topological polar surface area (TPSA) is 205 Å². The number of carboxylic acids is 1. The third kappa shape index (κ3) is 7.60. The van der Waals surface area contributed by atoms with Gasteiger partial charge in [0.15, 0.2) is 0 Å². The summed E-state index contributed by atoms with van der Waals surface area (Å²) in [5, 5.41) is 32.1. The molecule has 0 aliphatic heterocycles. The molecule has 0 bridgehead atoms. The minimum Gasteiger partial charge on any atom is -0.508 e. The zero-order chi connectivity index (χ0) is 21.3. The lowest BCUT2D eigenvalue weighted by Gasteiger charge is -2.22. The number of hydrogen-bond donors (Lipinski definition) is 7. The monoisotopic (exact) mass is 396 g/mol. The van der Waals surface area contributed by atoms with E-state index < -0.39 is 48.4 Å². The molecule has 0 fully saturated rings. The molecule has 28 heavy (non-hydrogen) atoms. The van der Waals surface area contributed by atoms with E-state index in [1.165, 1.54) is 24.3 Å². The van der Waals surface area contributed by atoms with Gasteiger partial charge >= 0.3 is 5.97 Å². The number of nitrogens with one attached hydrogen (secondary N) is 2. The van der Waals surface area contributed by atoms with Crippen LogP contribution in [-0.2, 0) is 25.6 Å². The zero-order valence-corrected chi connectivity index (χ0v) is 15.0. The van der Waals surface area contributed by atoms with E-state index in [1.54, 1.807) is 0 Å². The fourth-order valence-electron chi connectivity index (χ4n) is 2.25. The van der Waals surface area contributed by atoms with E-state index in [2.05, 4.69) is 10.6 Å².